The zero-order valence-electron chi connectivity index (χ0n) is 10.6. The average molecular weight is 282 g/mol. The van der Waals surface area contributed by atoms with Gasteiger partial charge in [-0.2, -0.15) is 10.1 Å². The Bertz CT molecular complexity index is 618. The van der Waals surface area contributed by atoms with Crippen LogP contribution in [0.4, 0.5) is 0 Å². The van der Waals surface area contributed by atoms with Crippen LogP contribution >= 0.6 is 0 Å². The van der Waals surface area contributed by atoms with E-state index in [-0.39, 0.29) is 6.61 Å². The summed E-state index contributed by atoms with van der Waals surface area (Å²) in [5.41, 5.74) is 1.25. The number of aromatic amines is 1. The maximum atomic E-state index is 10.0. The van der Waals surface area contributed by atoms with Crippen molar-refractivity contribution < 1.29 is 24.8 Å². The molecule has 0 amide bonds. The molecule has 0 aromatic carbocycles. The van der Waals surface area contributed by atoms with Crippen molar-refractivity contribution in [2.75, 3.05) is 13.7 Å². The molecule has 9 nitrogen and oxygen atoms in total. The fraction of sp³-hybridized carbons (Fsp3) is 0.545. The molecule has 2 aromatic heterocycles. The van der Waals surface area contributed by atoms with E-state index in [9.17, 15) is 10.2 Å². The van der Waals surface area contributed by atoms with Crippen LogP contribution in [0, 0.1) is 0 Å². The van der Waals surface area contributed by atoms with Gasteiger partial charge in [0.1, 0.15) is 36.3 Å². The van der Waals surface area contributed by atoms with Gasteiger partial charge in [-0.25, -0.2) is 4.98 Å². The van der Waals surface area contributed by atoms with Gasteiger partial charge >= 0.3 is 0 Å². The van der Waals surface area contributed by atoms with Crippen LogP contribution in [0.15, 0.2) is 6.33 Å². The summed E-state index contributed by atoms with van der Waals surface area (Å²) in [4.78, 5) is 8.01. The molecule has 3 heterocycles. The highest BCUT2D eigenvalue weighted by Crippen LogP contribution is 2.36. The number of ether oxygens (including phenoxy) is 2. The van der Waals surface area contributed by atoms with Crippen molar-refractivity contribution in [1.29, 1.82) is 0 Å². The summed E-state index contributed by atoms with van der Waals surface area (Å²) < 4.78 is 10.5. The van der Waals surface area contributed by atoms with Gasteiger partial charge in [-0.1, -0.05) is 0 Å². The minimum absolute atomic E-state index is 0.296. The van der Waals surface area contributed by atoms with Gasteiger partial charge in [-0.15, -0.1) is 0 Å². The van der Waals surface area contributed by atoms with Gasteiger partial charge in [-0.05, 0) is 0 Å². The molecule has 1 saturated heterocycles. The maximum absolute atomic E-state index is 10.0. The third kappa shape index (κ3) is 1.83. The molecule has 108 valence electrons. The zero-order valence-corrected chi connectivity index (χ0v) is 10.6. The highest BCUT2D eigenvalue weighted by atomic mass is 16.6. The molecule has 3 rings (SSSR count). The Hall–Kier alpha value is -1.81. The first-order valence-corrected chi connectivity index (χ1v) is 6.02. The highest BCUT2D eigenvalue weighted by Gasteiger charge is 2.44. The van der Waals surface area contributed by atoms with E-state index in [1.54, 1.807) is 0 Å². The first kappa shape index (κ1) is 13.2. The molecular formula is C11H14N4O5. The number of methoxy groups -OCH3 is 1. The van der Waals surface area contributed by atoms with E-state index in [0.29, 0.717) is 22.6 Å². The Morgan fingerprint density at radius 1 is 1.30 bits per heavy atom. The van der Waals surface area contributed by atoms with Crippen LogP contribution in [0.2, 0.25) is 0 Å². The first-order chi connectivity index (χ1) is 9.67. The SMILES string of the molecule is COc1ncnc2c(C3OC(CO)C(O)C3O)[nH]nc12. The van der Waals surface area contributed by atoms with Crippen molar-refractivity contribution in [2.45, 2.75) is 24.4 Å². The largest absolute Gasteiger partial charge is 0.479 e. The lowest BCUT2D eigenvalue weighted by atomic mass is 10.1. The monoisotopic (exact) mass is 282 g/mol. The molecule has 1 aliphatic rings. The lowest BCUT2D eigenvalue weighted by Crippen LogP contribution is -2.32. The van der Waals surface area contributed by atoms with Crippen LogP contribution in [0.25, 0.3) is 11.0 Å². The number of rotatable bonds is 3. The Morgan fingerprint density at radius 3 is 2.75 bits per heavy atom. The maximum Gasteiger partial charge on any atom is 0.245 e. The summed E-state index contributed by atoms with van der Waals surface area (Å²) in [7, 11) is 1.46. The summed E-state index contributed by atoms with van der Waals surface area (Å²) in [6.45, 7) is -0.390. The number of fused-ring (bicyclic) bond motifs is 1. The molecule has 20 heavy (non-hydrogen) atoms. The second-order valence-electron chi connectivity index (χ2n) is 4.48. The number of nitrogens with zero attached hydrogens (tertiary/aromatic N) is 3. The third-order valence-electron chi connectivity index (χ3n) is 3.35. The second kappa shape index (κ2) is 4.94. The lowest BCUT2D eigenvalue weighted by molar-refractivity contribution is -0.0236. The number of H-pyrrole nitrogens is 1. The topological polar surface area (TPSA) is 134 Å². The molecule has 0 radical (unpaired) electrons. The number of hydrogen-bond donors (Lipinski definition) is 4. The van der Waals surface area contributed by atoms with E-state index in [0.717, 1.165) is 0 Å². The van der Waals surface area contributed by atoms with Gasteiger partial charge in [0, 0.05) is 0 Å². The number of aliphatic hydroxyl groups excluding tert-OH is 3. The van der Waals surface area contributed by atoms with Crippen LogP contribution in [0.1, 0.15) is 11.8 Å². The Morgan fingerprint density at radius 2 is 2.10 bits per heavy atom. The fourth-order valence-electron chi connectivity index (χ4n) is 2.32. The number of aromatic nitrogens is 4. The van der Waals surface area contributed by atoms with Crippen LogP contribution in [-0.4, -0.2) is 67.5 Å². The van der Waals surface area contributed by atoms with E-state index in [1.165, 1.54) is 13.4 Å². The number of aliphatic hydroxyl groups is 3. The lowest BCUT2D eigenvalue weighted by Gasteiger charge is -2.12. The predicted octanol–water partition coefficient (Wildman–Crippen LogP) is -1.48. The van der Waals surface area contributed by atoms with Gasteiger partial charge in [0.2, 0.25) is 5.88 Å². The minimum atomic E-state index is -1.18. The van der Waals surface area contributed by atoms with Crippen molar-refractivity contribution in [3.63, 3.8) is 0 Å². The molecule has 0 saturated carbocycles. The quantitative estimate of drug-likeness (QED) is 0.535. The molecule has 9 heteroatoms. The highest BCUT2D eigenvalue weighted by molar-refractivity contribution is 5.81. The van der Waals surface area contributed by atoms with Gasteiger partial charge in [0.25, 0.3) is 0 Å². The van der Waals surface area contributed by atoms with Crippen molar-refractivity contribution in [3.8, 4) is 5.88 Å². The normalized spacial score (nSPS) is 30.0. The standard InChI is InChI=1S/C11H14N4O5/c1-19-11-7-5(12-3-13-11)6(14-15-7)10-9(18)8(17)4(2-16)20-10/h3-4,8-10,16-18H,2H2,1H3,(H,14,15). The molecule has 2 aromatic rings. The number of nitrogens with one attached hydrogen (secondary N) is 1. The van der Waals surface area contributed by atoms with Crippen molar-refractivity contribution in [3.05, 3.63) is 12.0 Å². The zero-order chi connectivity index (χ0) is 14.3. The summed E-state index contributed by atoms with van der Waals surface area (Å²) >= 11 is 0. The summed E-state index contributed by atoms with van der Waals surface area (Å²) in [5, 5.41) is 35.6. The molecule has 4 N–H and O–H groups in total. The molecule has 0 bridgehead atoms. The Kier molecular flexibility index (Phi) is 3.26. The van der Waals surface area contributed by atoms with Crippen LogP contribution in [-0.2, 0) is 4.74 Å². The Balaban J connectivity index is 2.03. The summed E-state index contributed by atoms with van der Waals surface area (Å²) in [6.07, 6.45) is -2.76. The molecule has 1 fully saturated rings. The molecule has 0 aliphatic carbocycles. The summed E-state index contributed by atoms with van der Waals surface area (Å²) in [6, 6.07) is 0. The smallest absolute Gasteiger partial charge is 0.245 e. The Labute approximate surface area is 113 Å². The van der Waals surface area contributed by atoms with E-state index >= 15 is 0 Å². The first-order valence-electron chi connectivity index (χ1n) is 6.02. The van der Waals surface area contributed by atoms with Crippen LogP contribution in [0.5, 0.6) is 5.88 Å². The molecule has 1 aliphatic heterocycles. The van der Waals surface area contributed by atoms with Gasteiger partial charge in [0.15, 0.2) is 5.52 Å². The van der Waals surface area contributed by atoms with E-state index in [4.69, 9.17) is 14.6 Å². The van der Waals surface area contributed by atoms with Crippen LogP contribution in [0.3, 0.4) is 0 Å². The third-order valence-corrected chi connectivity index (χ3v) is 3.35. The van der Waals surface area contributed by atoms with E-state index < -0.39 is 24.4 Å². The molecule has 0 spiro atoms. The second-order valence-corrected chi connectivity index (χ2v) is 4.48. The molecule has 4 unspecified atom stereocenters. The average Bonchev–Trinajstić information content (AvgIpc) is 3.01. The fourth-order valence-corrected chi connectivity index (χ4v) is 2.32. The van der Waals surface area contributed by atoms with Gasteiger partial charge in [-0.3, -0.25) is 5.10 Å². The minimum Gasteiger partial charge on any atom is -0.479 e. The molecule has 4 atom stereocenters. The van der Waals surface area contributed by atoms with Crippen molar-refractivity contribution >= 4 is 11.0 Å². The van der Waals surface area contributed by atoms with E-state index in [1.807, 2.05) is 0 Å². The van der Waals surface area contributed by atoms with Crippen LogP contribution < -0.4 is 4.74 Å². The predicted molar refractivity (Wildman–Crippen MR) is 64.9 cm³/mol. The number of hydrogen-bond acceptors (Lipinski definition) is 8. The van der Waals surface area contributed by atoms with Crippen molar-refractivity contribution in [1.82, 2.24) is 20.2 Å². The summed E-state index contributed by atoms with van der Waals surface area (Å²) in [5.74, 6) is 0.296. The van der Waals surface area contributed by atoms with E-state index in [2.05, 4.69) is 20.2 Å². The molecular weight excluding hydrogens is 268 g/mol. The van der Waals surface area contributed by atoms with Gasteiger partial charge in [0.05, 0.1) is 19.4 Å². The van der Waals surface area contributed by atoms with Gasteiger partial charge < -0.3 is 24.8 Å². The van der Waals surface area contributed by atoms with Crippen molar-refractivity contribution in [2.24, 2.45) is 0 Å².